The molecule has 35 valence electrons. The lowest BCUT2D eigenvalue weighted by atomic mass is 10.7. The molecule has 0 aromatic heterocycles. The van der Waals surface area contributed by atoms with Gasteiger partial charge in [-0.25, -0.2) is 9.90 Å². The van der Waals surface area contributed by atoms with Crippen molar-refractivity contribution in [3.63, 3.8) is 0 Å². The molecule has 0 saturated carbocycles. The average Bonchev–Trinajstić information content (AvgIpc) is 1.38. The van der Waals surface area contributed by atoms with Crippen LogP contribution in [0.3, 0.4) is 0 Å². The molecule has 0 aliphatic rings. The van der Waals surface area contributed by atoms with Gasteiger partial charge in [-0.15, -0.1) is 0 Å². The molecular weight excluding hydrogens is 96.1 g/mol. The fourth-order valence-corrected chi connectivity index (χ4v) is 0. The first-order chi connectivity index (χ1) is 2.27. The van der Waals surface area contributed by atoms with Gasteiger partial charge in [-0.3, -0.25) is 0 Å². The predicted octanol–water partition coefficient (Wildman–Crippen LogP) is -1.32. The molecule has 0 atom stereocenters. The van der Waals surface area contributed by atoms with Crippen molar-refractivity contribution in [2.75, 3.05) is 0 Å². The number of hydrogen-bond acceptors (Lipinski definition) is 1. The van der Waals surface area contributed by atoms with E-state index in [-0.39, 0.29) is 11.0 Å². The average molecular weight is 103 g/mol. The monoisotopic (exact) mass is 103 g/mol. The highest BCUT2D eigenvalue weighted by molar-refractivity contribution is 5.78. The summed E-state index contributed by atoms with van der Waals surface area (Å²) in [6, 6.07) is 0. The summed E-state index contributed by atoms with van der Waals surface area (Å²) in [7, 11) is 0. The van der Waals surface area contributed by atoms with Crippen LogP contribution >= 0.6 is 0 Å². The van der Waals surface area contributed by atoms with Crippen molar-refractivity contribution < 1.29 is 9.90 Å². The van der Waals surface area contributed by atoms with Gasteiger partial charge in [-0.2, -0.15) is 0 Å². The Balaban J connectivity index is 0. The SMILES string of the molecule is C=CC([O])=O.[SiH4]. The van der Waals surface area contributed by atoms with E-state index >= 15 is 0 Å². The minimum Gasteiger partial charge on any atom is -0.242 e. The molecule has 1 radical (unpaired) electrons. The van der Waals surface area contributed by atoms with Gasteiger partial charge in [0.15, 0.2) is 0 Å². The van der Waals surface area contributed by atoms with Crippen LogP contribution in [0.15, 0.2) is 12.7 Å². The van der Waals surface area contributed by atoms with E-state index in [1.807, 2.05) is 0 Å². The van der Waals surface area contributed by atoms with Crippen molar-refractivity contribution >= 4 is 16.9 Å². The number of carbonyl (C=O) groups is 1. The van der Waals surface area contributed by atoms with E-state index in [2.05, 4.69) is 6.58 Å². The van der Waals surface area contributed by atoms with Crippen LogP contribution in [0.4, 0.5) is 0 Å². The fourth-order valence-electron chi connectivity index (χ4n) is 0. The Labute approximate surface area is 40.5 Å². The summed E-state index contributed by atoms with van der Waals surface area (Å²) >= 11 is 0. The summed E-state index contributed by atoms with van der Waals surface area (Å²) in [5.74, 6) is -1.23. The minimum absolute atomic E-state index is 0. The zero-order valence-electron chi connectivity index (χ0n) is 2.60. The lowest BCUT2D eigenvalue weighted by Gasteiger charge is -1.56. The molecule has 0 saturated heterocycles. The van der Waals surface area contributed by atoms with Crippen molar-refractivity contribution in [3.05, 3.63) is 12.7 Å². The summed E-state index contributed by atoms with van der Waals surface area (Å²) in [5, 5.41) is 9.14. The highest BCUT2D eigenvalue weighted by Crippen LogP contribution is 1.56. The van der Waals surface area contributed by atoms with Gasteiger partial charge < -0.3 is 0 Å². The third-order valence-corrected chi connectivity index (χ3v) is 0.167. The number of hydrogen-bond donors (Lipinski definition) is 0. The van der Waals surface area contributed by atoms with E-state index in [4.69, 9.17) is 9.90 Å². The molecule has 2 nitrogen and oxygen atoms in total. The van der Waals surface area contributed by atoms with Crippen molar-refractivity contribution in [2.24, 2.45) is 0 Å². The lowest BCUT2D eigenvalue weighted by Crippen LogP contribution is -1.78. The highest BCUT2D eigenvalue weighted by atomic mass is 28.1. The first-order valence-corrected chi connectivity index (χ1v) is 1.11. The molecule has 0 N–H and O–H groups in total. The van der Waals surface area contributed by atoms with E-state index < -0.39 is 5.97 Å². The topological polar surface area (TPSA) is 37.0 Å². The molecule has 6 heavy (non-hydrogen) atoms. The minimum atomic E-state index is -1.23. The quantitative estimate of drug-likeness (QED) is 0.299. The van der Waals surface area contributed by atoms with E-state index in [0.717, 1.165) is 6.08 Å². The zero-order valence-corrected chi connectivity index (χ0v) is 2.60. The van der Waals surface area contributed by atoms with Gasteiger partial charge in [0.2, 0.25) is 0 Å². The molecule has 0 aliphatic heterocycles. The molecule has 0 spiro atoms. The maximum Gasteiger partial charge on any atom is 0.378 e. The molecule has 0 amide bonds. The highest BCUT2D eigenvalue weighted by Gasteiger charge is 1.79. The first kappa shape index (κ1) is 9.06. The molecule has 0 unspecified atom stereocenters. The van der Waals surface area contributed by atoms with Crippen LogP contribution in [0, 0.1) is 0 Å². The van der Waals surface area contributed by atoms with Gasteiger partial charge in [0.05, 0.1) is 0 Å². The van der Waals surface area contributed by atoms with Crippen LogP contribution in [-0.2, 0) is 9.90 Å². The summed E-state index contributed by atoms with van der Waals surface area (Å²) in [4.78, 5) is 9.14. The summed E-state index contributed by atoms with van der Waals surface area (Å²) < 4.78 is 0. The van der Waals surface area contributed by atoms with Crippen LogP contribution < -0.4 is 0 Å². The van der Waals surface area contributed by atoms with Crippen LogP contribution in [0.25, 0.3) is 0 Å². The second-order valence-electron chi connectivity index (χ2n) is 0.523. The Hall–Kier alpha value is -0.573. The molecule has 0 aromatic carbocycles. The molecule has 0 bridgehead atoms. The molecule has 0 aliphatic carbocycles. The van der Waals surface area contributed by atoms with Crippen molar-refractivity contribution in [2.45, 2.75) is 0 Å². The van der Waals surface area contributed by atoms with Crippen molar-refractivity contribution in [1.29, 1.82) is 0 Å². The van der Waals surface area contributed by atoms with Gasteiger partial charge >= 0.3 is 5.97 Å². The molecule has 0 rings (SSSR count). The fraction of sp³-hybridized carbons (Fsp3) is 0. The van der Waals surface area contributed by atoms with Gasteiger partial charge in [0.1, 0.15) is 0 Å². The van der Waals surface area contributed by atoms with Gasteiger partial charge in [-0.05, 0) is 11.0 Å². The standard InChI is InChI=1S/C3H3O2.H4Si/c1-2-3(4)5;/h2H,1H2;1H4. The van der Waals surface area contributed by atoms with Gasteiger partial charge in [0, 0.05) is 6.08 Å². The van der Waals surface area contributed by atoms with E-state index in [1.165, 1.54) is 0 Å². The Morgan fingerprint density at radius 3 is 1.83 bits per heavy atom. The van der Waals surface area contributed by atoms with Crippen LogP contribution in [0.2, 0.25) is 0 Å². The third kappa shape index (κ3) is 9.91. The van der Waals surface area contributed by atoms with E-state index in [0.29, 0.717) is 0 Å². The first-order valence-electron chi connectivity index (χ1n) is 1.11. The second-order valence-corrected chi connectivity index (χ2v) is 0.523. The van der Waals surface area contributed by atoms with Crippen molar-refractivity contribution in [3.8, 4) is 0 Å². The summed E-state index contributed by atoms with van der Waals surface area (Å²) in [6.45, 7) is 2.90. The molecule has 0 heterocycles. The van der Waals surface area contributed by atoms with E-state index in [1.54, 1.807) is 0 Å². The van der Waals surface area contributed by atoms with Crippen LogP contribution in [-0.4, -0.2) is 16.9 Å². The predicted molar refractivity (Wildman–Crippen MR) is 27.2 cm³/mol. The van der Waals surface area contributed by atoms with Crippen LogP contribution in [0.5, 0.6) is 0 Å². The maximum absolute atomic E-state index is 9.14. The Kier molecular flexibility index (Phi) is 6.68. The molecule has 0 fully saturated rings. The number of rotatable bonds is 1. The Bertz CT molecular complexity index is 59.8. The smallest absolute Gasteiger partial charge is 0.242 e. The molecule has 0 aromatic rings. The zero-order chi connectivity index (χ0) is 4.28. The van der Waals surface area contributed by atoms with Crippen LogP contribution in [0.1, 0.15) is 0 Å². The lowest BCUT2D eigenvalue weighted by molar-refractivity contribution is -0.137. The summed E-state index contributed by atoms with van der Waals surface area (Å²) in [6.07, 6.45) is 0.722. The van der Waals surface area contributed by atoms with E-state index in [9.17, 15) is 0 Å². The summed E-state index contributed by atoms with van der Waals surface area (Å²) in [5.41, 5.74) is 0. The third-order valence-electron chi connectivity index (χ3n) is 0.167. The number of carbonyl (C=O) groups excluding carboxylic acids is 1. The second kappa shape index (κ2) is 4.43. The molecule has 3 heteroatoms. The Morgan fingerprint density at radius 2 is 1.83 bits per heavy atom. The molecular formula is C3H7O2Si. The van der Waals surface area contributed by atoms with Crippen molar-refractivity contribution in [1.82, 2.24) is 0 Å². The largest absolute Gasteiger partial charge is 0.378 e. The Morgan fingerprint density at radius 1 is 1.67 bits per heavy atom. The maximum atomic E-state index is 9.14. The normalized spacial score (nSPS) is 5.33. The van der Waals surface area contributed by atoms with Gasteiger partial charge in [-0.1, -0.05) is 6.58 Å². The van der Waals surface area contributed by atoms with Gasteiger partial charge in [0.25, 0.3) is 0 Å².